The Kier molecular flexibility index (Phi) is 7.14. The molecule has 2 heterocycles. The van der Waals surface area contributed by atoms with Crippen LogP contribution in [0.4, 0.5) is 5.82 Å². The van der Waals surface area contributed by atoms with Gasteiger partial charge in [-0.05, 0) is 43.4 Å². The van der Waals surface area contributed by atoms with E-state index in [9.17, 15) is 9.59 Å². The topological polar surface area (TPSA) is 91.6 Å². The standard InChI is InChI=1S/C21H29N5O2.ClH/c22-20(27)18-15-5-6-16(14-15)19(18)21(28)24-8-3-9-25-10-12-26(13-11-25)17-4-1-2-7-23-17;/h1-2,4-7,15-16,18-19H,3,8-14H2,(H2,22,27)(H,24,28);1H. The number of allylic oxidation sites excluding steroid dienone is 2. The molecule has 8 heteroatoms. The van der Waals surface area contributed by atoms with Gasteiger partial charge >= 0.3 is 0 Å². The molecule has 7 nitrogen and oxygen atoms in total. The van der Waals surface area contributed by atoms with Gasteiger partial charge in [-0.1, -0.05) is 18.2 Å². The monoisotopic (exact) mass is 419 g/mol. The number of nitrogens with one attached hydrogen (secondary N) is 1. The third kappa shape index (κ3) is 4.73. The van der Waals surface area contributed by atoms with Crippen molar-refractivity contribution in [3.63, 3.8) is 0 Å². The number of amides is 2. The lowest BCUT2D eigenvalue weighted by molar-refractivity contribution is -0.133. The summed E-state index contributed by atoms with van der Waals surface area (Å²) in [6, 6.07) is 6.01. The van der Waals surface area contributed by atoms with Crippen molar-refractivity contribution < 1.29 is 9.59 Å². The Labute approximate surface area is 178 Å². The number of hydrogen-bond donors (Lipinski definition) is 2. The number of aromatic nitrogens is 1. The molecule has 3 aliphatic rings. The molecule has 29 heavy (non-hydrogen) atoms. The van der Waals surface area contributed by atoms with Gasteiger partial charge < -0.3 is 16.0 Å². The van der Waals surface area contributed by atoms with Crippen LogP contribution >= 0.6 is 12.4 Å². The number of primary amides is 1. The smallest absolute Gasteiger partial charge is 0.224 e. The van der Waals surface area contributed by atoms with E-state index in [1.807, 2.05) is 18.3 Å². The normalized spacial score (nSPS) is 28.2. The minimum absolute atomic E-state index is 0. The van der Waals surface area contributed by atoms with Gasteiger partial charge in [-0.15, -0.1) is 12.4 Å². The van der Waals surface area contributed by atoms with Gasteiger partial charge in [-0.3, -0.25) is 14.5 Å². The van der Waals surface area contributed by atoms with E-state index in [-0.39, 0.29) is 47.9 Å². The zero-order valence-corrected chi connectivity index (χ0v) is 17.4. The maximum Gasteiger partial charge on any atom is 0.224 e. The van der Waals surface area contributed by atoms with Gasteiger partial charge in [0.1, 0.15) is 5.82 Å². The lowest BCUT2D eigenvalue weighted by Gasteiger charge is -2.35. The lowest BCUT2D eigenvalue weighted by Crippen LogP contribution is -2.47. The number of anilines is 1. The van der Waals surface area contributed by atoms with E-state index < -0.39 is 0 Å². The number of pyridine rings is 1. The van der Waals surface area contributed by atoms with E-state index in [2.05, 4.69) is 38.3 Å². The highest BCUT2D eigenvalue weighted by molar-refractivity contribution is 5.89. The molecule has 4 rings (SSSR count). The summed E-state index contributed by atoms with van der Waals surface area (Å²) in [7, 11) is 0. The molecule has 1 aliphatic heterocycles. The molecule has 1 aromatic heterocycles. The van der Waals surface area contributed by atoms with Crippen LogP contribution in [0.1, 0.15) is 12.8 Å². The Bertz CT molecular complexity index is 736. The van der Waals surface area contributed by atoms with Crippen LogP contribution in [-0.4, -0.2) is 61.0 Å². The molecule has 0 aromatic carbocycles. The van der Waals surface area contributed by atoms with E-state index in [1.54, 1.807) is 0 Å². The molecule has 1 aromatic rings. The first-order valence-electron chi connectivity index (χ1n) is 10.3. The number of halogens is 1. The van der Waals surface area contributed by atoms with Gasteiger partial charge in [0, 0.05) is 38.9 Å². The third-order valence-electron chi connectivity index (χ3n) is 6.39. The predicted octanol–water partition coefficient (Wildman–Crippen LogP) is 1.06. The van der Waals surface area contributed by atoms with Gasteiger partial charge in [0.15, 0.2) is 0 Å². The fourth-order valence-electron chi connectivity index (χ4n) is 4.94. The molecule has 0 radical (unpaired) electrons. The summed E-state index contributed by atoms with van der Waals surface area (Å²) < 4.78 is 0. The predicted molar refractivity (Wildman–Crippen MR) is 115 cm³/mol. The zero-order valence-electron chi connectivity index (χ0n) is 16.6. The molecule has 4 unspecified atom stereocenters. The van der Waals surface area contributed by atoms with Crippen LogP contribution in [0.15, 0.2) is 36.5 Å². The molecular weight excluding hydrogens is 390 g/mol. The van der Waals surface area contributed by atoms with Crippen LogP contribution in [0, 0.1) is 23.7 Å². The van der Waals surface area contributed by atoms with E-state index in [0.29, 0.717) is 6.54 Å². The summed E-state index contributed by atoms with van der Waals surface area (Å²) in [5, 5.41) is 3.04. The average molecular weight is 420 g/mol. The number of carbonyl (C=O) groups excluding carboxylic acids is 2. The van der Waals surface area contributed by atoms with Crippen LogP contribution in [0.2, 0.25) is 0 Å². The summed E-state index contributed by atoms with van der Waals surface area (Å²) >= 11 is 0. The summed E-state index contributed by atoms with van der Waals surface area (Å²) in [6.45, 7) is 5.56. The number of nitrogens with zero attached hydrogens (tertiary/aromatic N) is 3. The first-order chi connectivity index (χ1) is 13.6. The summed E-state index contributed by atoms with van der Waals surface area (Å²) in [5.74, 6) is 0.377. The SMILES string of the molecule is Cl.NC(=O)C1C2C=CC(C2)C1C(=O)NCCCN1CCN(c2ccccn2)CC1. The maximum atomic E-state index is 12.6. The number of rotatable bonds is 7. The average Bonchev–Trinajstić information content (AvgIpc) is 3.34. The van der Waals surface area contributed by atoms with Crippen molar-refractivity contribution in [2.75, 3.05) is 44.2 Å². The molecule has 2 aliphatic carbocycles. The number of carbonyl (C=O) groups is 2. The Morgan fingerprint density at radius 1 is 1.10 bits per heavy atom. The van der Waals surface area contributed by atoms with Crippen molar-refractivity contribution in [3.8, 4) is 0 Å². The summed E-state index contributed by atoms with van der Waals surface area (Å²) in [5.41, 5.74) is 5.55. The van der Waals surface area contributed by atoms with E-state index in [0.717, 1.165) is 51.4 Å². The maximum absolute atomic E-state index is 12.6. The minimum atomic E-state index is -0.345. The molecule has 2 fully saturated rings. The number of piperazine rings is 1. The van der Waals surface area contributed by atoms with E-state index >= 15 is 0 Å². The molecule has 2 amide bonds. The van der Waals surface area contributed by atoms with Crippen molar-refractivity contribution in [2.24, 2.45) is 29.4 Å². The van der Waals surface area contributed by atoms with Gasteiger partial charge in [0.05, 0.1) is 11.8 Å². The molecule has 2 bridgehead atoms. The Morgan fingerprint density at radius 3 is 2.48 bits per heavy atom. The van der Waals surface area contributed by atoms with Crippen molar-refractivity contribution in [2.45, 2.75) is 12.8 Å². The lowest BCUT2D eigenvalue weighted by atomic mass is 9.82. The van der Waals surface area contributed by atoms with Crippen LogP contribution in [0.25, 0.3) is 0 Å². The molecule has 4 atom stereocenters. The van der Waals surface area contributed by atoms with Gasteiger partial charge in [0.25, 0.3) is 0 Å². The highest BCUT2D eigenvalue weighted by atomic mass is 35.5. The first kappa shape index (κ1) is 21.6. The molecule has 3 N–H and O–H groups in total. The second kappa shape index (κ2) is 9.59. The van der Waals surface area contributed by atoms with Crippen molar-refractivity contribution in [1.82, 2.24) is 15.2 Å². The van der Waals surface area contributed by atoms with E-state index in [4.69, 9.17) is 5.73 Å². The number of nitrogens with two attached hydrogens (primary N) is 1. The Hall–Kier alpha value is -2.12. The van der Waals surface area contributed by atoms with Gasteiger partial charge in [-0.2, -0.15) is 0 Å². The van der Waals surface area contributed by atoms with Crippen molar-refractivity contribution in [3.05, 3.63) is 36.5 Å². The highest BCUT2D eigenvalue weighted by Crippen LogP contribution is 2.47. The quantitative estimate of drug-likeness (QED) is 0.509. The molecule has 0 spiro atoms. The van der Waals surface area contributed by atoms with Crippen LogP contribution in [-0.2, 0) is 9.59 Å². The fourth-order valence-corrected chi connectivity index (χ4v) is 4.94. The fraction of sp³-hybridized carbons (Fsp3) is 0.571. The largest absolute Gasteiger partial charge is 0.369 e. The van der Waals surface area contributed by atoms with Crippen molar-refractivity contribution in [1.29, 1.82) is 0 Å². The zero-order chi connectivity index (χ0) is 19.5. The van der Waals surface area contributed by atoms with E-state index in [1.165, 1.54) is 0 Å². The van der Waals surface area contributed by atoms with Crippen LogP contribution in [0.3, 0.4) is 0 Å². The number of hydrogen-bond acceptors (Lipinski definition) is 5. The minimum Gasteiger partial charge on any atom is -0.369 e. The molecular formula is C21H30ClN5O2. The second-order valence-corrected chi connectivity index (χ2v) is 8.06. The van der Waals surface area contributed by atoms with Crippen LogP contribution < -0.4 is 16.0 Å². The van der Waals surface area contributed by atoms with Gasteiger partial charge in [0.2, 0.25) is 11.8 Å². The highest BCUT2D eigenvalue weighted by Gasteiger charge is 2.50. The first-order valence-corrected chi connectivity index (χ1v) is 10.3. The number of fused-ring (bicyclic) bond motifs is 2. The molecule has 1 saturated heterocycles. The molecule has 158 valence electrons. The third-order valence-corrected chi connectivity index (χ3v) is 6.39. The second-order valence-electron chi connectivity index (χ2n) is 8.06. The summed E-state index contributed by atoms with van der Waals surface area (Å²) in [4.78, 5) is 33.5. The van der Waals surface area contributed by atoms with Crippen molar-refractivity contribution >= 4 is 30.0 Å². The Morgan fingerprint density at radius 2 is 1.83 bits per heavy atom. The van der Waals surface area contributed by atoms with Crippen LogP contribution in [0.5, 0.6) is 0 Å². The molecule has 1 saturated carbocycles. The summed E-state index contributed by atoms with van der Waals surface area (Å²) in [6.07, 6.45) is 7.75. The Balaban J connectivity index is 0.00000240. The van der Waals surface area contributed by atoms with Gasteiger partial charge in [-0.25, -0.2) is 4.98 Å².